The van der Waals surface area contributed by atoms with Gasteiger partial charge in [0.15, 0.2) is 14.6 Å². The van der Waals surface area contributed by atoms with Crippen LogP contribution in [0, 0.1) is 11.8 Å². The maximum atomic E-state index is 12.0. The molecule has 6 nitrogen and oxygen atoms in total. The van der Waals surface area contributed by atoms with Crippen LogP contribution in [0.1, 0.15) is 26.7 Å². The van der Waals surface area contributed by atoms with Gasteiger partial charge in [0.1, 0.15) is 0 Å². The molecule has 0 amide bonds. The van der Waals surface area contributed by atoms with Crippen molar-refractivity contribution in [1.82, 2.24) is 0 Å². The van der Waals surface area contributed by atoms with E-state index in [1.54, 1.807) is 0 Å². The second-order valence-electron chi connectivity index (χ2n) is 4.47. The largest absolute Gasteiger partial charge is 0.481 e. The van der Waals surface area contributed by atoms with Crippen LogP contribution >= 0.6 is 0 Å². The normalized spacial score (nSPS) is 33.5. The molecule has 0 heterocycles. The third-order valence-electron chi connectivity index (χ3n) is 3.63. The van der Waals surface area contributed by atoms with Crippen LogP contribution in [0.15, 0.2) is 0 Å². The first kappa shape index (κ1) is 14.0. The Morgan fingerprint density at radius 3 is 2.18 bits per heavy atom. The number of carbonyl (C=O) groups is 2. The Morgan fingerprint density at radius 1 is 1.35 bits per heavy atom. The number of sulfone groups is 1. The van der Waals surface area contributed by atoms with E-state index in [4.69, 9.17) is 5.11 Å². The highest BCUT2D eigenvalue weighted by atomic mass is 32.2. The lowest BCUT2D eigenvalue weighted by molar-refractivity contribution is -0.142. The van der Waals surface area contributed by atoms with Gasteiger partial charge in [-0.15, -0.1) is 0 Å². The smallest absolute Gasteiger partial charge is 0.325 e. The highest BCUT2D eigenvalue weighted by Gasteiger charge is 2.60. The van der Waals surface area contributed by atoms with Crippen LogP contribution in [0.5, 0.6) is 0 Å². The molecule has 0 saturated heterocycles. The molecule has 0 bridgehead atoms. The second kappa shape index (κ2) is 4.29. The van der Waals surface area contributed by atoms with Crippen LogP contribution in [0.2, 0.25) is 0 Å². The van der Waals surface area contributed by atoms with Crippen molar-refractivity contribution >= 4 is 21.8 Å². The molecular formula is C10H16O6S. The van der Waals surface area contributed by atoms with Gasteiger partial charge >= 0.3 is 11.9 Å². The monoisotopic (exact) mass is 264 g/mol. The summed E-state index contributed by atoms with van der Waals surface area (Å²) in [5.41, 5.74) is 0. The molecule has 98 valence electrons. The average Bonchev–Trinajstić information content (AvgIpc) is 2.57. The highest BCUT2D eigenvalue weighted by molar-refractivity contribution is 7.93. The Kier molecular flexibility index (Phi) is 3.52. The fraction of sp³-hybridized carbons (Fsp3) is 0.800. The summed E-state index contributed by atoms with van der Waals surface area (Å²) < 4.78 is 22.0. The minimum absolute atomic E-state index is 0.0842. The predicted octanol–water partition coefficient (Wildman–Crippen LogP) is 0.375. The zero-order valence-electron chi connectivity index (χ0n) is 9.71. The molecule has 1 rings (SSSR count). The molecule has 0 aliphatic heterocycles. The molecule has 2 N–H and O–H groups in total. The molecule has 0 aromatic heterocycles. The summed E-state index contributed by atoms with van der Waals surface area (Å²) in [6.45, 7) is 2.87. The van der Waals surface area contributed by atoms with E-state index in [0.717, 1.165) is 0 Å². The van der Waals surface area contributed by atoms with Gasteiger partial charge in [0.2, 0.25) is 0 Å². The molecule has 0 aromatic rings. The molecule has 7 heteroatoms. The van der Waals surface area contributed by atoms with E-state index in [0.29, 0.717) is 0 Å². The van der Waals surface area contributed by atoms with Crippen molar-refractivity contribution in [2.45, 2.75) is 31.4 Å². The number of hydrogen-bond donors (Lipinski definition) is 2. The maximum Gasteiger partial charge on any atom is 0.325 e. The van der Waals surface area contributed by atoms with Crippen molar-refractivity contribution in [3.8, 4) is 0 Å². The fourth-order valence-electron chi connectivity index (χ4n) is 2.58. The molecule has 0 spiro atoms. The van der Waals surface area contributed by atoms with E-state index in [9.17, 15) is 23.1 Å². The Morgan fingerprint density at radius 2 is 1.88 bits per heavy atom. The van der Waals surface area contributed by atoms with E-state index in [2.05, 4.69) is 0 Å². The second-order valence-corrected chi connectivity index (χ2v) is 7.01. The number of carboxylic acids is 2. The lowest BCUT2D eigenvalue weighted by Gasteiger charge is -2.28. The van der Waals surface area contributed by atoms with Crippen LogP contribution < -0.4 is 0 Å². The molecule has 0 aromatic carbocycles. The summed E-state index contributed by atoms with van der Waals surface area (Å²) in [6, 6.07) is 0. The molecule has 1 saturated carbocycles. The topological polar surface area (TPSA) is 109 Å². The molecule has 1 fully saturated rings. The standard InChI is InChI=1S/C10H16O6S/c1-3-17(15,16)10(9(13)14)5-7(8(11)12)4-6(10)2/h6-7H,3-5H2,1-2H3,(H,11,12)(H,13,14)/t6-,7+,10-/m0/s1. The van der Waals surface area contributed by atoms with Gasteiger partial charge in [-0.25, -0.2) is 8.42 Å². The number of rotatable bonds is 4. The number of carboxylic acid groups (broad SMARTS) is 2. The summed E-state index contributed by atoms with van der Waals surface area (Å²) in [5, 5.41) is 18.1. The molecule has 0 radical (unpaired) electrons. The minimum atomic E-state index is -3.84. The lowest BCUT2D eigenvalue weighted by atomic mass is 9.97. The third-order valence-corrected chi connectivity index (χ3v) is 6.24. The maximum absolute atomic E-state index is 12.0. The number of hydrogen-bond acceptors (Lipinski definition) is 4. The van der Waals surface area contributed by atoms with E-state index in [1.807, 2.05) is 0 Å². The van der Waals surface area contributed by atoms with Crippen molar-refractivity contribution < 1.29 is 28.2 Å². The Bertz CT molecular complexity index is 440. The quantitative estimate of drug-likeness (QED) is 0.759. The van der Waals surface area contributed by atoms with E-state index in [1.165, 1.54) is 13.8 Å². The van der Waals surface area contributed by atoms with Crippen LogP contribution in [0.25, 0.3) is 0 Å². The van der Waals surface area contributed by atoms with Gasteiger partial charge in [-0.05, 0) is 18.8 Å². The molecule has 1 aliphatic carbocycles. The van der Waals surface area contributed by atoms with Crippen LogP contribution in [-0.4, -0.2) is 41.1 Å². The van der Waals surface area contributed by atoms with E-state index < -0.39 is 38.4 Å². The van der Waals surface area contributed by atoms with Gasteiger partial charge in [0, 0.05) is 5.75 Å². The van der Waals surface area contributed by atoms with Gasteiger partial charge in [-0.1, -0.05) is 13.8 Å². The van der Waals surface area contributed by atoms with Crippen molar-refractivity contribution in [2.75, 3.05) is 5.75 Å². The summed E-state index contributed by atoms with van der Waals surface area (Å²) in [7, 11) is -3.84. The third kappa shape index (κ3) is 1.92. The zero-order valence-corrected chi connectivity index (χ0v) is 10.5. The minimum Gasteiger partial charge on any atom is -0.481 e. The van der Waals surface area contributed by atoms with Gasteiger partial charge in [0.05, 0.1) is 5.92 Å². The van der Waals surface area contributed by atoms with Crippen molar-refractivity contribution in [2.24, 2.45) is 11.8 Å². The number of aliphatic carboxylic acids is 2. The van der Waals surface area contributed by atoms with Gasteiger partial charge in [-0.3, -0.25) is 9.59 Å². The summed E-state index contributed by atoms with van der Waals surface area (Å²) in [6.07, 6.45) is -0.254. The van der Waals surface area contributed by atoms with Gasteiger partial charge < -0.3 is 10.2 Å². The van der Waals surface area contributed by atoms with Crippen molar-refractivity contribution in [3.05, 3.63) is 0 Å². The lowest BCUT2D eigenvalue weighted by Crippen LogP contribution is -2.49. The van der Waals surface area contributed by atoms with Crippen LogP contribution in [0.3, 0.4) is 0 Å². The first-order valence-electron chi connectivity index (χ1n) is 5.37. The molecular weight excluding hydrogens is 248 g/mol. The Labute approximate surface area is 99.6 Å². The summed E-state index contributed by atoms with van der Waals surface area (Å²) >= 11 is 0. The van der Waals surface area contributed by atoms with Gasteiger partial charge in [0.25, 0.3) is 0 Å². The van der Waals surface area contributed by atoms with Crippen LogP contribution in [-0.2, 0) is 19.4 Å². The van der Waals surface area contributed by atoms with E-state index >= 15 is 0 Å². The van der Waals surface area contributed by atoms with E-state index in [-0.39, 0.29) is 18.6 Å². The Balaban J connectivity index is 3.29. The molecule has 3 atom stereocenters. The predicted molar refractivity (Wildman–Crippen MR) is 59.4 cm³/mol. The Hall–Kier alpha value is -1.11. The molecule has 1 aliphatic rings. The average molecular weight is 264 g/mol. The highest BCUT2D eigenvalue weighted by Crippen LogP contribution is 2.45. The fourth-order valence-corrected chi connectivity index (χ4v) is 4.52. The van der Waals surface area contributed by atoms with Gasteiger partial charge in [-0.2, -0.15) is 0 Å². The zero-order chi connectivity index (χ0) is 13.4. The summed E-state index contributed by atoms with van der Waals surface area (Å²) in [4.78, 5) is 22.2. The van der Waals surface area contributed by atoms with Crippen molar-refractivity contribution in [1.29, 1.82) is 0 Å². The first-order valence-corrected chi connectivity index (χ1v) is 7.02. The summed E-state index contributed by atoms with van der Waals surface area (Å²) in [5.74, 6) is -4.45. The first-order chi connectivity index (χ1) is 7.69. The molecule has 17 heavy (non-hydrogen) atoms. The SMILES string of the molecule is CCS(=O)(=O)[C@@]1(C(=O)O)C[C@H](C(=O)O)C[C@@H]1C. The van der Waals surface area contributed by atoms with Crippen LogP contribution in [0.4, 0.5) is 0 Å². The molecule has 0 unspecified atom stereocenters. The van der Waals surface area contributed by atoms with Crippen molar-refractivity contribution in [3.63, 3.8) is 0 Å².